The number of nitrogens with zero attached hydrogens (tertiary/aromatic N) is 3. The van der Waals surface area contributed by atoms with Crippen molar-refractivity contribution in [3.63, 3.8) is 0 Å². The van der Waals surface area contributed by atoms with Crippen molar-refractivity contribution in [2.75, 3.05) is 5.32 Å². The van der Waals surface area contributed by atoms with Crippen LogP contribution in [0, 0.1) is 41.0 Å². The van der Waals surface area contributed by atoms with Gasteiger partial charge in [0.25, 0.3) is 17.3 Å². The molecule has 2 aromatic carbocycles. The van der Waals surface area contributed by atoms with Crippen LogP contribution in [-0.2, 0) is 0 Å². The van der Waals surface area contributed by atoms with E-state index in [1.165, 1.54) is 18.3 Å². The van der Waals surface area contributed by atoms with Crippen LogP contribution in [0.15, 0.2) is 35.7 Å². The highest BCUT2D eigenvalue weighted by molar-refractivity contribution is 7.14. The molecule has 1 aromatic heterocycles. The van der Waals surface area contributed by atoms with Gasteiger partial charge in [-0.3, -0.25) is 30.3 Å². The van der Waals surface area contributed by atoms with Gasteiger partial charge < -0.3 is 0 Å². The molecule has 0 atom stereocenters. The van der Waals surface area contributed by atoms with Crippen LogP contribution in [0.3, 0.4) is 0 Å². The maximum absolute atomic E-state index is 12.5. The molecule has 1 N–H and O–H groups in total. The number of carbonyl (C=O) groups excluding carboxylic acids is 1. The topological polar surface area (TPSA) is 128 Å². The Morgan fingerprint density at radius 2 is 1.66 bits per heavy atom. The normalized spacial score (nSPS) is 10.6. The Morgan fingerprint density at radius 3 is 2.21 bits per heavy atom. The molecule has 148 valence electrons. The lowest BCUT2D eigenvalue weighted by atomic mass is 10.0. The molecule has 0 saturated heterocycles. The second-order valence-electron chi connectivity index (χ2n) is 6.46. The molecule has 0 aliphatic rings. The van der Waals surface area contributed by atoms with E-state index in [0.717, 1.165) is 28.8 Å². The van der Waals surface area contributed by atoms with Gasteiger partial charge in [-0.15, -0.1) is 11.3 Å². The van der Waals surface area contributed by atoms with E-state index in [-0.39, 0.29) is 16.3 Å². The number of carbonyl (C=O) groups is 1. The molecule has 0 radical (unpaired) electrons. The monoisotopic (exact) mass is 412 g/mol. The Labute approximate surface area is 169 Å². The molecule has 0 aliphatic carbocycles. The highest BCUT2D eigenvalue weighted by Crippen LogP contribution is 2.31. The summed E-state index contributed by atoms with van der Waals surface area (Å²) in [5, 5.41) is 27.0. The zero-order valence-corrected chi connectivity index (χ0v) is 16.6. The molecule has 9 nitrogen and oxygen atoms in total. The fourth-order valence-corrected chi connectivity index (χ4v) is 3.63. The quantitative estimate of drug-likeness (QED) is 0.473. The molecule has 0 saturated carbocycles. The van der Waals surface area contributed by atoms with Crippen molar-refractivity contribution in [3.05, 3.63) is 78.2 Å². The van der Waals surface area contributed by atoms with Gasteiger partial charge in [-0.05, 0) is 26.3 Å². The largest absolute Gasteiger partial charge is 0.298 e. The minimum Gasteiger partial charge on any atom is -0.298 e. The number of thiazole rings is 1. The summed E-state index contributed by atoms with van der Waals surface area (Å²) in [7, 11) is 0. The number of hydrogen-bond donors (Lipinski definition) is 1. The van der Waals surface area contributed by atoms with Gasteiger partial charge in [0.15, 0.2) is 5.13 Å². The van der Waals surface area contributed by atoms with E-state index >= 15 is 0 Å². The Morgan fingerprint density at radius 1 is 1.03 bits per heavy atom. The molecule has 0 bridgehead atoms. The fourth-order valence-electron chi connectivity index (χ4n) is 2.92. The highest BCUT2D eigenvalue weighted by atomic mass is 32.1. The van der Waals surface area contributed by atoms with E-state index in [9.17, 15) is 25.0 Å². The molecule has 3 aromatic rings. The van der Waals surface area contributed by atoms with Crippen LogP contribution in [0.25, 0.3) is 11.3 Å². The number of aromatic nitrogens is 1. The van der Waals surface area contributed by atoms with Gasteiger partial charge in [-0.25, -0.2) is 4.98 Å². The zero-order valence-electron chi connectivity index (χ0n) is 15.8. The van der Waals surface area contributed by atoms with E-state index in [1.54, 1.807) is 5.38 Å². The Balaban J connectivity index is 1.90. The maximum atomic E-state index is 12.5. The molecule has 1 heterocycles. The first kappa shape index (κ1) is 20.1. The van der Waals surface area contributed by atoms with Crippen LogP contribution < -0.4 is 5.32 Å². The second kappa shape index (κ2) is 7.76. The van der Waals surface area contributed by atoms with Crippen LogP contribution in [0.5, 0.6) is 0 Å². The number of anilines is 1. The molecule has 0 fully saturated rings. The number of nitro groups is 2. The predicted molar refractivity (Wildman–Crippen MR) is 109 cm³/mol. The third kappa shape index (κ3) is 4.11. The third-order valence-corrected chi connectivity index (χ3v) is 5.15. The Hall–Kier alpha value is -3.66. The summed E-state index contributed by atoms with van der Waals surface area (Å²) in [5.74, 6) is -0.710. The van der Waals surface area contributed by atoms with Gasteiger partial charge in [0, 0.05) is 23.1 Å². The van der Waals surface area contributed by atoms with E-state index in [0.29, 0.717) is 5.69 Å². The van der Waals surface area contributed by atoms with Crippen LogP contribution in [0.2, 0.25) is 0 Å². The van der Waals surface area contributed by atoms with E-state index in [1.807, 2.05) is 32.0 Å². The smallest absolute Gasteiger partial charge is 0.279 e. The third-order valence-electron chi connectivity index (χ3n) is 4.39. The Kier molecular flexibility index (Phi) is 5.37. The first-order chi connectivity index (χ1) is 13.7. The van der Waals surface area contributed by atoms with Crippen molar-refractivity contribution in [2.24, 2.45) is 0 Å². The van der Waals surface area contributed by atoms with Crippen LogP contribution in [0.1, 0.15) is 27.0 Å². The number of rotatable bonds is 5. The molecule has 0 aliphatic heterocycles. The van der Waals surface area contributed by atoms with Crippen molar-refractivity contribution in [1.82, 2.24) is 4.98 Å². The lowest BCUT2D eigenvalue weighted by Gasteiger charge is -2.05. The van der Waals surface area contributed by atoms with Crippen LogP contribution >= 0.6 is 11.3 Å². The van der Waals surface area contributed by atoms with Gasteiger partial charge in [0.05, 0.1) is 21.1 Å². The lowest BCUT2D eigenvalue weighted by Crippen LogP contribution is -2.13. The maximum Gasteiger partial charge on any atom is 0.279 e. The van der Waals surface area contributed by atoms with Crippen molar-refractivity contribution in [1.29, 1.82) is 0 Å². The summed E-state index contributed by atoms with van der Waals surface area (Å²) >= 11 is 1.19. The molecule has 3 rings (SSSR count). The number of hydrogen-bond acceptors (Lipinski definition) is 7. The molecular formula is C19H16N4O5S. The minimum absolute atomic E-state index is 0.108. The van der Waals surface area contributed by atoms with E-state index in [4.69, 9.17) is 0 Å². The van der Waals surface area contributed by atoms with Crippen molar-refractivity contribution in [3.8, 4) is 11.3 Å². The summed E-state index contributed by atoms with van der Waals surface area (Å²) in [6.45, 7) is 5.23. The summed E-state index contributed by atoms with van der Waals surface area (Å²) < 4.78 is 0. The molecule has 0 unspecified atom stereocenters. The van der Waals surface area contributed by atoms with Gasteiger partial charge in [-0.2, -0.15) is 0 Å². The summed E-state index contributed by atoms with van der Waals surface area (Å²) in [4.78, 5) is 37.8. The summed E-state index contributed by atoms with van der Waals surface area (Å²) in [6.07, 6.45) is 0. The number of nitrogens with one attached hydrogen (secondary N) is 1. The molecule has 29 heavy (non-hydrogen) atoms. The standard InChI is InChI=1S/C19H16N4O5S/c1-10-4-5-14(11(2)6-10)15-9-29-19(20-15)21-18(24)13-7-16(22(25)26)12(3)17(8-13)23(27)28/h4-9H,1-3H3,(H,20,21,24). The average Bonchev–Trinajstić information content (AvgIpc) is 3.09. The minimum atomic E-state index is -0.749. The van der Waals surface area contributed by atoms with E-state index < -0.39 is 27.1 Å². The first-order valence-corrected chi connectivity index (χ1v) is 9.33. The summed E-state index contributed by atoms with van der Waals surface area (Å²) in [5.41, 5.74) is 2.51. The van der Waals surface area contributed by atoms with Crippen LogP contribution in [0.4, 0.5) is 16.5 Å². The van der Waals surface area contributed by atoms with Crippen molar-refractivity contribution >= 4 is 33.8 Å². The molecular weight excluding hydrogens is 396 g/mol. The molecule has 10 heteroatoms. The zero-order chi connectivity index (χ0) is 21.3. The van der Waals surface area contributed by atoms with E-state index in [2.05, 4.69) is 10.3 Å². The second-order valence-corrected chi connectivity index (χ2v) is 7.32. The number of amides is 1. The van der Waals surface area contributed by atoms with Crippen molar-refractivity contribution in [2.45, 2.75) is 20.8 Å². The predicted octanol–water partition coefficient (Wildman–Crippen LogP) is 4.80. The van der Waals surface area contributed by atoms with Crippen LogP contribution in [-0.4, -0.2) is 20.7 Å². The number of benzene rings is 2. The highest BCUT2D eigenvalue weighted by Gasteiger charge is 2.25. The molecule has 0 spiro atoms. The lowest BCUT2D eigenvalue weighted by molar-refractivity contribution is -0.395. The summed E-state index contributed by atoms with van der Waals surface area (Å²) in [6, 6.07) is 7.98. The van der Waals surface area contributed by atoms with Gasteiger partial charge in [0.1, 0.15) is 5.56 Å². The number of nitro benzene ring substituents is 2. The van der Waals surface area contributed by atoms with Gasteiger partial charge in [0.2, 0.25) is 0 Å². The van der Waals surface area contributed by atoms with Crippen molar-refractivity contribution < 1.29 is 14.6 Å². The molecule has 1 amide bonds. The number of aryl methyl sites for hydroxylation is 2. The first-order valence-electron chi connectivity index (χ1n) is 8.45. The van der Waals surface area contributed by atoms with Gasteiger partial charge in [-0.1, -0.05) is 23.8 Å². The SMILES string of the molecule is Cc1ccc(-c2csc(NC(=O)c3cc([N+](=O)[O-])c(C)c([N+](=O)[O-])c3)n2)c(C)c1. The fraction of sp³-hybridized carbons (Fsp3) is 0.158. The van der Waals surface area contributed by atoms with Gasteiger partial charge >= 0.3 is 0 Å². The average molecular weight is 412 g/mol. The Bertz CT molecular complexity index is 1120.